The Hall–Kier alpha value is -3.03. The number of piperazine rings is 1. The average Bonchev–Trinajstić information content (AvgIpc) is 2.75. The van der Waals surface area contributed by atoms with E-state index in [0.717, 1.165) is 49.5 Å². The molecule has 0 saturated carbocycles. The molecule has 0 radical (unpaired) electrons. The van der Waals surface area contributed by atoms with Crippen molar-refractivity contribution in [1.82, 2.24) is 25.1 Å². The maximum Gasteiger partial charge on any atom is 0.251 e. The van der Waals surface area contributed by atoms with Crippen molar-refractivity contribution in [3.8, 4) is 0 Å². The highest BCUT2D eigenvalue weighted by Crippen LogP contribution is 2.18. The molecule has 1 fully saturated rings. The van der Waals surface area contributed by atoms with E-state index >= 15 is 0 Å². The molecule has 0 spiro atoms. The smallest absolute Gasteiger partial charge is 0.251 e. The van der Waals surface area contributed by atoms with Crippen molar-refractivity contribution >= 4 is 22.6 Å². The quantitative estimate of drug-likeness (QED) is 0.692. The van der Waals surface area contributed by atoms with Gasteiger partial charge in [-0.1, -0.05) is 24.3 Å². The van der Waals surface area contributed by atoms with Crippen molar-refractivity contribution in [1.29, 1.82) is 0 Å². The van der Waals surface area contributed by atoms with Crippen LogP contribution in [0.1, 0.15) is 21.7 Å². The molecule has 3 aromatic rings. The summed E-state index contributed by atoms with van der Waals surface area (Å²) in [6, 6.07) is 15.7. The van der Waals surface area contributed by atoms with Crippen molar-refractivity contribution in [2.24, 2.45) is 0 Å². The molecule has 0 unspecified atom stereocenters. The predicted octanol–water partition coefficient (Wildman–Crippen LogP) is 1.89. The van der Waals surface area contributed by atoms with Gasteiger partial charge in [-0.05, 0) is 29.8 Å². The first-order valence-corrected chi connectivity index (χ1v) is 9.89. The van der Waals surface area contributed by atoms with Crippen molar-refractivity contribution in [2.75, 3.05) is 39.0 Å². The number of benzene rings is 2. The number of fused-ring (bicyclic) bond motifs is 1. The van der Waals surface area contributed by atoms with Gasteiger partial charge in [-0.25, -0.2) is 9.97 Å². The van der Waals surface area contributed by atoms with Gasteiger partial charge in [0, 0.05) is 50.7 Å². The van der Waals surface area contributed by atoms with Gasteiger partial charge in [0.1, 0.15) is 11.6 Å². The van der Waals surface area contributed by atoms with Crippen molar-refractivity contribution in [3.05, 3.63) is 65.5 Å². The van der Waals surface area contributed by atoms with Crippen LogP contribution in [0, 0.1) is 0 Å². The molecule has 7 heteroatoms. The van der Waals surface area contributed by atoms with E-state index in [1.165, 1.54) is 5.56 Å². The fraction of sp³-hybridized carbons (Fsp3) is 0.318. The topological polar surface area (TPSA) is 87.4 Å². The molecule has 0 aliphatic carbocycles. The third kappa shape index (κ3) is 4.52. The molecule has 29 heavy (non-hydrogen) atoms. The standard InChI is InChI=1S/C22H26N6O/c1-24-22(29)17-8-6-16(7-9-17)14-27-10-12-28(13-11-27)15-20-25-19-5-3-2-4-18(19)21(23)26-20/h2-9H,10-15H2,1H3,(H,24,29)(H2,23,25,26). The van der Waals surface area contributed by atoms with Crippen molar-refractivity contribution in [2.45, 2.75) is 13.1 Å². The molecule has 1 aliphatic heterocycles. The Kier molecular flexibility index (Phi) is 5.69. The van der Waals surface area contributed by atoms with Gasteiger partial charge in [-0.15, -0.1) is 0 Å². The summed E-state index contributed by atoms with van der Waals surface area (Å²) in [5.41, 5.74) is 8.91. The number of aromatic nitrogens is 2. The van der Waals surface area contributed by atoms with Crippen LogP contribution in [0.4, 0.5) is 5.82 Å². The van der Waals surface area contributed by atoms with Gasteiger partial charge in [-0.3, -0.25) is 14.6 Å². The summed E-state index contributed by atoms with van der Waals surface area (Å²) in [7, 11) is 1.65. The van der Waals surface area contributed by atoms with E-state index in [9.17, 15) is 4.79 Å². The Morgan fingerprint density at radius 1 is 0.966 bits per heavy atom. The molecule has 1 aliphatic rings. The van der Waals surface area contributed by atoms with Crippen molar-refractivity contribution < 1.29 is 4.79 Å². The first kappa shape index (κ1) is 19.3. The van der Waals surface area contributed by atoms with Gasteiger partial charge in [0.2, 0.25) is 0 Å². The number of rotatable bonds is 5. The molecule has 4 rings (SSSR count). The third-order valence-electron chi connectivity index (χ3n) is 5.36. The van der Waals surface area contributed by atoms with E-state index in [1.54, 1.807) is 7.05 Å². The summed E-state index contributed by atoms with van der Waals surface area (Å²) in [5.74, 6) is 1.27. The largest absolute Gasteiger partial charge is 0.383 e. The fourth-order valence-electron chi connectivity index (χ4n) is 3.69. The number of hydrogen-bond donors (Lipinski definition) is 2. The number of nitrogen functional groups attached to an aromatic ring is 1. The van der Waals surface area contributed by atoms with Crippen LogP contribution in [0.3, 0.4) is 0 Å². The number of para-hydroxylation sites is 1. The fourth-order valence-corrected chi connectivity index (χ4v) is 3.69. The zero-order chi connectivity index (χ0) is 20.2. The van der Waals surface area contributed by atoms with Crippen LogP contribution in [0.15, 0.2) is 48.5 Å². The lowest BCUT2D eigenvalue weighted by Crippen LogP contribution is -2.45. The zero-order valence-electron chi connectivity index (χ0n) is 16.6. The minimum Gasteiger partial charge on any atom is -0.383 e. The second-order valence-corrected chi connectivity index (χ2v) is 7.37. The van der Waals surface area contributed by atoms with Gasteiger partial charge in [0.05, 0.1) is 12.1 Å². The maximum atomic E-state index is 11.6. The lowest BCUT2D eigenvalue weighted by Gasteiger charge is -2.34. The van der Waals surface area contributed by atoms with Crippen LogP contribution in [0.2, 0.25) is 0 Å². The van der Waals surface area contributed by atoms with Gasteiger partial charge in [0.15, 0.2) is 0 Å². The van der Waals surface area contributed by atoms with E-state index in [0.29, 0.717) is 17.9 Å². The zero-order valence-corrected chi connectivity index (χ0v) is 16.6. The second-order valence-electron chi connectivity index (χ2n) is 7.37. The maximum absolute atomic E-state index is 11.6. The first-order valence-electron chi connectivity index (χ1n) is 9.89. The Labute approximate surface area is 170 Å². The molecular formula is C22H26N6O. The third-order valence-corrected chi connectivity index (χ3v) is 5.36. The molecule has 1 aromatic heterocycles. The average molecular weight is 390 g/mol. The minimum atomic E-state index is -0.0540. The number of nitrogens with one attached hydrogen (secondary N) is 1. The summed E-state index contributed by atoms with van der Waals surface area (Å²) in [6.07, 6.45) is 0. The molecule has 7 nitrogen and oxygen atoms in total. The summed E-state index contributed by atoms with van der Waals surface area (Å²) >= 11 is 0. The van der Waals surface area contributed by atoms with Gasteiger partial charge >= 0.3 is 0 Å². The predicted molar refractivity (Wildman–Crippen MR) is 114 cm³/mol. The Balaban J connectivity index is 1.32. The van der Waals surface area contributed by atoms with Crippen LogP contribution in [-0.4, -0.2) is 58.9 Å². The SMILES string of the molecule is CNC(=O)c1ccc(CN2CCN(Cc3nc(N)c4ccccc4n3)CC2)cc1. The van der Waals surface area contributed by atoms with E-state index in [-0.39, 0.29) is 5.91 Å². The molecule has 1 amide bonds. The molecule has 0 bridgehead atoms. The van der Waals surface area contributed by atoms with Gasteiger partial charge in [0.25, 0.3) is 5.91 Å². The Morgan fingerprint density at radius 2 is 1.62 bits per heavy atom. The number of hydrogen-bond acceptors (Lipinski definition) is 6. The van der Waals surface area contributed by atoms with Gasteiger partial charge in [-0.2, -0.15) is 0 Å². The van der Waals surface area contributed by atoms with Crippen LogP contribution in [0.25, 0.3) is 10.9 Å². The van der Waals surface area contributed by atoms with E-state index in [4.69, 9.17) is 5.73 Å². The molecule has 2 heterocycles. The number of anilines is 1. The van der Waals surface area contributed by atoms with Crippen LogP contribution < -0.4 is 11.1 Å². The highest BCUT2D eigenvalue weighted by Gasteiger charge is 2.18. The van der Waals surface area contributed by atoms with E-state index in [1.807, 2.05) is 48.5 Å². The summed E-state index contributed by atoms with van der Waals surface area (Å²) < 4.78 is 0. The second kappa shape index (κ2) is 8.55. The highest BCUT2D eigenvalue weighted by atomic mass is 16.1. The first-order chi connectivity index (χ1) is 14.1. The Morgan fingerprint density at radius 3 is 2.31 bits per heavy atom. The van der Waals surface area contributed by atoms with Crippen LogP contribution >= 0.6 is 0 Å². The summed E-state index contributed by atoms with van der Waals surface area (Å²) in [5, 5.41) is 3.55. The molecule has 0 atom stereocenters. The number of carbonyl (C=O) groups excluding carboxylic acids is 1. The Bertz CT molecular complexity index is 996. The number of nitrogens with two attached hydrogens (primary N) is 1. The van der Waals surface area contributed by atoms with Crippen LogP contribution in [0.5, 0.6) is 0 Å². The number of nitrogens with zero attached hydrogens (tertiary/aromatic N) is 4. The number of amides is 1. The molecule has 3 N–H and O–H groups in total. The number of carbonyl (C=O) groups is 1. The molecule has 1 saturated heterocycles. The van der Waals surface area contributed by atoms with E-state index in [2.05, 4.69) is 25.1 Å². The molecular weight excluding hydrogens is 364 g/mol. The van der Waals surface area contributed by atoms with Crippen molar-refractivity contribution in [3.63, 3.8) is 0 Å². The highest BCUT2D eigenvalue weighted by molar-refractivity contribution is 5.93. The normalized spacial score (nSPS) is 15.5. The molecule has 150 valence electrons. The van der Waals surface area contributed by atoms with Gasteiger partial charge < -0.3 is 11.1 Å². The summed E-state index contributed by atoms with van der Waals surface area (Å²) in [4.78, 5) is 25.6. The lowest BCUT2D eigenvalue weighted by atomic mass is 10.1. The lowest BCUT2D eigenvalue weighted by molar-refractivity contribution is 0.0963. The molecule has 2 aromatic carbocycles. The van der Waals surface area contributed by atoms with E-state index < -0.39 is 0 Å². The van der Waals surface area contributed by atoms with Crippen LogP contribution in [-0.2, 0) is 13.1 Å². The summed E-state index contributed by atoms with van der Waals surface area (Å²) in [6.45, 7) is 5.50. The minimum absolute atomic E-state index is 0.0540. The monoisotopic (exact) mass is 390 g/mol.